The number of halogens is 1. The van der Waals surface area contributed by atoms with Gasteiger partial charge in [-0.2, -0.15) is 0 Å². The summed E-state index contributed by atoms with van der Waals surface area (Å²) in [5.74, 6) is -0.571. The Morgan fingerprint density at radius 1 is 1.10 bits per heavy atom. The molecule has 2 rings (SSSR count). The molecule has 0 bridgehead atoms. The van der Waals surface area contributed by atoms with Gasteiger partial charge in [-0.3, -0.25) is 4.79 Å². The van der Waals surface area contributed by atoms with Crippen molar-refractivity contribution >= 4 is 29.4 Å². The Hall–Kier alpha value is -2.07. The molecule has 20 heavy (non-hydrogen) atoms. The summed E-state index contributed by atoms with van der Waals surface area (Å²) in [5, 5.41) is 2.67. The summed E-state index contributed by atoms with van der Waals surface area (Å²) in [4.78, 5) is 12.9. The van der Waals surface area contributed by atoms with Crippen molar-refractivity contribution in [1.29, 1.82) is 0 Å². The van der Waals surface area contributed by atoms with Gasteiger partial charge < -0.3 is 5.32 Å². The molecule has 0 unspecified atom stereocenters. The van der Waals surface area contributed by atoms with Gasteiger partial charge in [-0.1, -0.05) is 12.1 Å². The van der Waals surface area contributed by atoms with E-state index in [1.54, 1.807) is 17.8 Å². The Labute approximate surface area is 121 Å². The van der Waals surface area contributed by atoms with E-state index in [4.69, 9.17) is 0 Å². The van der Waals surface area contributed by atoms with Crippen LogP contribution in [-0.4, -0.2) is 12.2 Å². The van der Waals surface area contributed by atoms with Crippen LogP contribution in [0.1, 0.15) is 5.56 Å². The lowest BCUT2D eigenvalue weighted by atomic mass is 10.2. The average Bonchev–Trinajstić information content (AvgIpc) is 2.48. The zero-order valence-electron chi connectivity index (χ0n) is 11.0. The van der Waals surface area contributed by atoms with Crippen LogP contribution in [0.15, 0.2) is 59.5 Å². The highest BCUT2D eigenvalue weighted by Crippen LogP contribution is 2.15. The van der Waals surface area contributed by atoms with Gasteiger partial charge in [-0.05, 0) is 54.3 Å². The number of nitrogens with one attached hydrogen (secondary N) is 1. The molecule has 2 aromatic rings. The Kier molecular flexibility index (Phi) is 4.96. The molecule has 0 aliphatic heterocycles. The summed E-state index contributed by atoms with van der Waals surface area (Å²) in [6.07, 6.45) is 5.21. The Morgan fingerprint density at radius 2 is 1.75 bits per heavy atom. The smallest absolute Gasteiger partial charge is 0.248 e. The Bertz CT molecular complexity index is 605. The van der Waals surface area contributed by atoms with E-state index < -0.39 is 0 Å². The minimum absolute atomic E-state index is 0.245. The minimum atomic E-state index is -0.326. The summed E-state index contributed by atoms with van der Waals surface area (Å²) in [7, 11) is 0. The van der Waals surface area contributed by atoms with Gasteiger partial charge >= 0.3 is 0 Å². The lowest BCUT2D eigenvalue weighted by Crippen LogP contribution is -2.07. The van der Waals surface area contributed by atoms with Crippen molar-refractivity contribution in [1.82, 2.24) is 0 Å². The van der Waals surface area contributed by atoms with Gasteiger partial charge in [0.05, 0.1) is 0 Å². The van der Waals surface area contributed by atoms with E-state index in [-0.39, 0.29) is 11.7 Å². The van der Waals surface area contributed by atoms with E-state index in [0.29, 0.717) is 5.69 Å². The first-order chi connectivity index (χ1) is 9.67. The average molecular weight is 287 g/mol. The van der Waals surface area contributed by atoms with E-state index in [2.05, 4.69) is 5.32 Å². The fourth-order valence-corrected chi connectivity index (χ4v) is 2.01. The van der Waals surface area contributed by atoms with Gasteiger partial charge in [0.15, 0.2) is 0 Å². The zero-order chi connectivity index (χ0) is 14.4. The molecule has 0 heterocycles. The van der Waals surface area contributed by atoms with Crippen LogP contribution in [0.3, 0.4) is 0 Å². The fourth-order valence-electron chi connectivity index (χ4n) is 1.60. The summed E-state index contributed by atoms with van der Waals surface area (Å²) >= 11 is 1.67. The summed E-state index contributed by atoms with van der Waals surface area (Å²) in [5.41, 5.74) is 1.52. The Balaban J connectivity index is 1.96. The highest BCUT2D eigenvalue weighted by Gasteiger charge is 1.98. The monoisotopic (exact) mass is 287 g/mol. The number of hydrogen-bond acceptors (Lipinski definition) is 2. The van der Waals surface area contributed by atoms with Crippen molar-refractivity contribution in [2.75, 3.05) is 11.6 Å². The van der Waals surface area contributed by atoms with E-state index >= 15 is 0 Å². The van der Waals surface area contributed by atoms with Gasteiger partial charge in [0.2, 0.25) is 5.91 Å². The lowest BCUT2D eigenvalue weighted by molar-refractivity contribution is -0.111. The van der Waals surface area contributed by atoms with Crippen molar-refractivity contribution in [3.8, 4) is 0 Å². The van der Waals surface area contributed by atoms with E-state index in [9.17, 15) is 9.18 Å². The standard InChI is InChI=1S/C16H14FNOS/c1-20-15-9-2-12(3-10-15)4-11-16(19)18-14-7-5-13(17)6-8-14/h2-11H,1H3,(H,18,19). The quantitative estimate of drug-likeness (QED) is 0.674. The summed E-state index contributed by atoms with van der Waals surface area (Å²) in [6.45, 7) is 0. The summed E-state index contributed by atoms with van der Waals surface area (Å²) < 4.78 is 12.7. The summed E-state index contributed by atoms with van der Waals surface area (Å²) in [6, 6.07) is 13.6. The van der Waals surface area contributed by atoms with Gasteiger partial charge in [0, 0.05) is 16.7 Å². The van der Waals surface area contributed by atoms with Crippen LogP contribution in [0.5, 0.6) is 0 Å². The molecule has 1 amide bonds. The maximum Gasteiger partial charge on any atom is 0.248 e. The third kappa shape index (κ3) is 4.24. The molecule has 4 heteroatoms. The molecular formula is C16H14FNOS. The SMILES string of the molecule is CSc1ccc(C=CC(=O)Nc2ccc(F)cc2)cc1. The topological polar surface area (TPSA) is 29.1 Å². The molecule has 0 aliphatic carbocycles. The van der Waals surface area contributed by atoms with Gasteiger partial charge in [-0.15, -0.1) is 11.8 Å². The number of anilines is 1. The van der Waals surface area contributed by atoms with Gasteiger partial charge in [-0.25, -0.2) is 4.39 Å². The van der Waals surface area contributed by atoms with Crippen molar-refractivity contribution in [3.05, 3.63) is 66.0 Å². The third-order valence-electron chi connectivity index (χ3n) is 2.65. The molecule has 0 atom stereocenters. The van der Waals surface area contributed by atoms with Crippen LogP contribution >= 0.6 is 11.8 Å². The van der Waals surface area contributed by atoms with Crippen LogP contribution in [0, 0.1) is 5.82 Å². The molecule has 0 radical (unpaired) electrons. The Morgan fingerprint density at radius 3 is 2.35 bits per heavy atom. The maximum absolute atomic E-state index is 12.7. The molecule has 102 valence electrons. The normalized spacial score (nSPS) is 10.7. The van der Waals surface area contributed by atoms with Gasteiger partial charge in [0.25, 0.3) is 0 Å². The van der Waals surface area contributed by atoms with Crippen LogP contribution in [0.25, 0.3) is 6.08 Å². The highest BCUT2D eigenvalue weighted by atomic mass is 32.2. The van der Waals surface area contributed by atoms with Crippen molar-refractivity contribution in [3.63, 3.8) is 0 Å². The second-order valence-electron chi connectivity index (χ2n) is 4.10. The fraction of sp³-hybridized carbons (Fsp3) is 0.0625. The van der Waals surface area contributed by atoms with E-state index in [1.807, 2.05) is 30.5 Å². The van der Waals surface area contributed by atoms with Crippen molar-refractivity contribution < 1.29 is 9.18 Å². The number of carbonyl (C=O) groups excluding carboxylic acids is 1. The number of carbonyl (C=O) groups is 1. The first kappa shape index (κ1) is 14.3. The number of rotatable bonds is 4. The van der Waals surface area contributed by atoms with Crippen LogP contribution in [0.2, 0.25) is 0 Å². The van der Waals surface area contributed by atoms with E-state index in [1.165, 1.54) is 35.2 Å². The molecule has 0 saturated carbocycles. The molecule has 0 fully saturated rings. The van der Waals surface area contributed by atoms with Crippen molar-refractivity contribution in [2.45, 2.75) is 4.90 Å². The zero-order valence-corrected chi connectivity index (χ0v) is 11.8. The maximum atomic E-state index is 12.7. The van der Waals surface area contributed by atoms with E-state index in [0.717, 1.165) is 5.56 Å². The number of hydrogen-bond donors (Lipinski definition) is 1. The lowest BCUT2D eigenvalue weighted by Gasteiger charge is -2.01. The molecule has 0 aromatic heterocycles. The van der Waals surface area contributed by atoms with Crippen LogP contribution in [-0.2, 0) is 4.79 Å². The van der Waals surface area contributed by atoms with Crippen LogP contribution < -0.4 is 5.32 Å². The second-order valence-corrected chi connectivity index (χ2v) is 4.98. The van der Waals surface area contributed by atoms with Crippen molar-refractivity contribution in [2.24, 2.45) is 0 Å². The minimum Gasteiger partial charge on any atom is -0.323 e. The predicted molar refractivity (Wildman–Crippen MR) is 82.3 cm³/mol. The number of thioether (sulfide) groups is 1. The largest absolute Gasteiger partial charge is 0.323 e. The predicted octanol–water partition coefficient (Wildman–Crippen LogP) is 4.20. The molecule has 2 nitrogen and oxygen atoms in total. The highest BCUT2D eigenvalue weighted by molar-refractivity contribution is 7.98. The first-order valence-electron chi connectivity index (χ1n) is 6.06. The van der Waals surface area contributed by atoms with Crippen LogP contribution in [0.4, 0.5) is 10.1 Å². The van der Waals surface area contributed by atoms with Gasteiger partial charge in [0.1, 0.15) is 5.82 Å². The molecular weight excluding hydrogens is 273 g/mol. The third-order valence-corrected chi connectivity index (χ3v) is 3.40. The molecule has 0 spiro atoms. The molecule has 0 saturated heterocycles. The number of amides is 1. The first-order valence-corrected chi connectivity index (χ1v) is 7.28. The molecule has 1 N–H and O–H groups in total. The molecule has 0 aliphatic rings. The molecule has 2 aromatic carbocycles. The number of benzene rings is 2. The second kappa shape index (κ2) is 6.91.